The molecule has 25 heteroatoms. The highest BCUT2D eigenvalue weighted by Crippen LogP contribution is 2.23. The van der Waals surface area contributed by atoms with Gasteiger partial charge < -0.3 is 56.1 Å². The number of hydrogen-bond acceptors (Lipinski definition) is 17. The van der Waals surface area contributed by atoms with Gasteiger partial charge in [-0.3, -0.25) is 43.3 Å². The van der Waals surface area contributed by atoms with Crippen LogP contribution in [0.3, 0.4) is 0 Å². The molecule has 4 aromatic rings. The lowest BCUT2D eigenvalue weighted by atomic mass is 9.96. The number of rotatable bonds is 8. The molecule has 6 rings (SSSR count). The summed E-state index contributed by atoms with van der Waals surface area (Å²) in [6.07, 6.45) is 4.47. The Morgan fingerprint density at radius 2 is 1.01 bits per heavy atom. The molecule has 2 aliphatic heterocycles. The Balaban J connectivity index is 1.43. The van der Waals surface area contributed by atoms with Crippen molar-refractivity contribution in [1.29, 1.82) is 0 Å². The van der Waals surface area contributed by atoms with Gasteiger partial charge in [-0.05, 0) is 62.8 Å². The molecule has 0 aliphatic carbocycles. The number of ether oxygens (including phenoxy) is 2. The molecule has 0 spiro atoms. The number of hydrogen-bond donors (Lipinski definition) is 5. The normalized spacial score (nSPS) is 25.1. The number of para-hydroxylation sites is 4. The molecule has 6 N–H and O–H groups in total. The van der Waals surface area contributed by atoms with Gasteiger partial charge in [0.25, 0.3) is 11.8 Å². The maximum absolute atomic E-state index is 15.0. The molecule has 0 saturated heterocycles. The molecule has 2 aromatic heterocycles. The van der Waals surface area contributed by atoms with Crippen LogP contribution < -0.4 is 27.0 Å². The van der Waals surface area contributed by atoms with E-state index in [0.29, 0.717) is 34.9 Å². The third-order valence-corrected chi connectivity index (χ3v) is 14.4. The first-order valence-electron chi connectivity index (χ1n) is 26.0. The van der Waals surface area contributed by atoms with Gasteiger partial charge in [0.05, 0.1) is 28.3 Å². The van der Waals surface area contributed by atoms with Gasteiger partial charge >= 0.3 is 11.9 Å². The molecular weight excluding hydrogens is 1020 g/mol. The van der Waals surface area contributed by atoms with Gasteiger partial charge in [-0.2, -0.15) is 0 Å². The minimum atomic E-state index is -1.72. The summed E-state index contributed by atoms with van der Waals surface area (Å²) >= 11 is 0. The van der Waals surface area contributed by atoms with Crippen molar-refractivity contribution in [1.82, 2.24) is 60.8 Å². The molecule has 10 atom stereocenters. The number of likely N-dealkylation sites (N-methyl/N-ethyl adjacent to an activating group) is 4. The third kappa shape index (κ3) is 13.7. The summed E-state index contributed by atoms with van der Waals surface area (Å²) < 4.78 is 11.6. The second kappa shape index (κ2) is 26.1. The van der Waals surface area contributed by atoms with Gasteiger partial charge in [0.15, 0.2) is 11.5 Å². The van der Waals surface area contributed by atoms with E-state index in [1.54, 1.807) is 76.2 Å². The van der Waals surface area contributed by atoms with Crippen LogP contribution in [0, 0.1) is 11.8 Å². The van der Waals surface area contributed by atoms with Crippen molar-refractivity contribution < 1.29 is 57.4 Å². The zero-order valence-electron chi connectivity index (χ0n) is 45.9. The molecule has 422 valence electrons. The number of fused-ring (bicyclic) bond motifs is 6. The SMILES string of the molecule is CCC(C)[C@H]1C(=O)OC[C@@H](NC(=O)c2nc3ccccc3nc2N)C(=O)N[C@@H](C)C(=O)N(C)[C@H]2C/C=C\C[C@@H](C(=O)N1C)N(C)C(=O)[C@H](C)NC(=O)[C@H](NC(=O)c1cnc3ccccc3n1)COC(=O)[C@H](C(C)CC)N(C)C2=O. The molecule has 25 nitrogen and oxygen atoms in total. The quantitative estimate of drug-likeness (QED) is 0.121. The number of anilines is 1. The summed E-state index contributed by atoms with van der Waals surface area (Å²) in [6.45, 7) is 7.99. The first-order chi connectivity index (χ1) is 37.5. The van der Waals surface area contributed by atoms with Crippen LogP contribution in [0.15, 0.2) is 66.9 Å². The summed E-state index contributed by atoms with van der Waals surface area (Å²) in [5, 5.41) is 10.2. The van der Waals surface area contributed by atoms with Crippen molar-refractivity contribution in [3.05, 3.63) is 78.3 Å². The molecular formula is C54H69N13O12. The van der Waals surface area contributed by atoms with E-state index in [-0.39, 0.29) is 30.0 Å². The molecule has 2 bridgehead atoms. The van der Waals surface area contributed by atoms with Crippen LogP contribution in [0.4, 0.5) is 5.82 Å². The highest BCUT2D eigenvalue weighted by atomic mass is 16.5. The Morgan fingerprint density at radius 1 is 0.608 bits per heavy atom. The largest absolute Gasteiger partial charge is 0.461 e. The van der Waals surface area contributed by atoms with E-state index in [1.807, 2.05) is 0 Å². The number of nitrogen functional groups attached to an aromatic ring is 1. The number of benzene rings is 2. The van der Waals surface area contributed by atoms with E-state index in [9.17, 15) is 47.9 Å². The van der Waals surface area contributed by atoms with Crippen molar-refractivity contribution in [3.8, 4) is 0 Å². The third-order valence-electron chi connectivity index (χ3n) is 14.4. The second-order valence-electron chi connectivity index (χ2n) is 19.9. The minimum absolute atomic E-state index is 0.184. The zero-order valence-corrected chi connectivity index (χ0v) is 45.9. The molecule has 2 unspecified atom stereocenters. The first kappa shape index (κ1) is 59.6. The predicted octanol–water partition coefficient (Wildman–Crippen LogP) is 0.912. The standard InChI is InChI=1S/C54H69N13O12/c1-11-28(3)42-53(76)78-26-37(62-45(68)36-25-56-32-19-13-14-20-33(32)59-36)46(69)57-30(5)49(72)64(7)39-23-17-18-24-40(51(74)66(42)9)65(8)50(73)31(6)58-47(70)38(27-79-54(77)43(29(4)12-2)67(10)52(39)75)63-48(71)41-44(55)61-35-22-16-15-21-34(35)60-41/h13-22,25,28-31,37-40,42-43H,11-12,23-24,26-27H2,1-10H3,(H2,55,61)(H,57,69)(H,58,70)(H,62,68)(H,63,71)/b18-17-/t28?,29?,30-,31-,37+,38+,39-,40-,42-,43-/m0/s1. The van der Waals surface area contributed by atoms with Crippen molar-refractivity contribution in [2.75, 3.05) is 47.1 Å². The number of amides is 8. The van der Waals surface area contributed by atoms with Gasteiger partial charge in [-0.1, -0.05) is 77.0 Å². The van der Waals surface area contributed by atoms with Gasteiger partial charge in [0.1, 0.15) is 67.2 Å². The highest BCUT2D eigenvalue weighted by molar-refractivity contribution is 6.02. The molecule has 4 heterocycles. The summed E-state index contributed by atoms with van der Waals surface area (Å²) in [7, 11) is 5.33. The number of nitrogens with one attached hydrogen (secondary N) is 4. The summed E-state index contributed by atoms with van der Waals surface area (Å²) in [6, 6.07) is 1.70. The van der Waals surface area contributed by atoms with Crippen LogP contribution in [0.1, 0.15) is 88.2 Å². The number of carbonyl (C=O) groups is 10. The molecule has 8 amide bonds. The van der Waals surface area contributed by atoms with E-state index in [0.717, 1.165) is 19.6 Å². The van der Waals surface area contributed by atoms with E-state index >= 15 is 0 Å². The van der Waals surface area contributed by atoms with Crippen molar-refractivity contribution >= 4 is 87.1 Å². The van der Waals surface area contributed by atoms with Crippen LogP contribution in [0.2, 0.25) is 0 Å². The maximum Gasteiger partial charge on any atom is 0.329 e. The predicted molar refractivity (Wildman–Crippen MR) is 287 cm³/mol. The number of nitrogens with zero attached hydrogens (tertiary/aromatic N) is 8. The van der Waals surface area contributed by atoms with E-state index in [2.05, 4.69) is 41.2 Å². The van der Waals surface area contributed by atoms with Crippen LogP contribution in [0.25, 0.3) is 22.1 Å². The average Bonchev–Trinajstić information content (AvgIpc) is 3.44. The minimum Gasteiger partial charge on any atom is -0.461 e. The topological polar surface area (TPSA) is 328 Å². The van der Waals surface area contributed by atoms with E-state index < -0.39 is 133 Å². The Kier molecular flexibility index (Phi) is 19.7. The van der Waals surface area contributed by atoms with E-state index in [1.165, 1.54) is 60.4 Å². The Labute approximate surface area is 456 Å². The molecule has 79 heavy (non-hydrogen) atoms. The maximum atomic E-state index is 15.0. The van der Waals surface area contributed by atoms with Crippen molar-refractivity contribution in [2.45, 2.75) is 116 Å². The van der Waals surface area contributed by atoms with Crippen LogP contribution in [-0.2, 0) is 47.8 Å². The lowest BCUT2D eigenvalue weighted by Gasteiger charge is -2.37. The van der Waals surface area contributed by atoms with Crippen molar-refractivity contribution in [3.63, 3.8) is 0 Å². The van der Waals surface area contributed by atoms with Crippen LogP contribution in [-0.4, -0.2) is 188 Å². The lowest BCUT2D eigenvalue weighted by Crippen LogP contribution is -2.60. The number of cyclic esters (lactones) is 2. The van der Waals surface area contributed by atoms with Crippen LogP contribution in [0.5, 0.6) is 0 Å². The van der Waals surface area contributed by atoms with Gasteiger partial charge in [-0.15, -0.1) is 0 Å². The fourth-order valence-electron chi connectivity index (χ4n) is 9.28. The van der Waals surface area contributed by atoms with E-state index in [4.69, 9.17) is 15.2 Å². The Morgan fingerprint density at radius 3 is 1.46 bits per heavy atom. The van der Waals surface area contributed by atoms with Gasteiger partial charge in [0.2, 0.25) is 35.4 Å². The average molecular weight is 1090 g/mol. The summed E-state index contributed by atoms with van der Waals surface area (Å²) in [4.78, 5) is 166. The molecule has 0 saturated carbocycles. The molecule has 2 aromatic carbocycles. The molecule has 0 fully saturated rings. The van der Waals surface area contributed by atoms with Crippen molar-refractivity contribution in [2.24, 2.45) is 11.8 Å². The fraction of sp³-hybridized carbons (Fsp3) is 0.481. The monoisotopic (exact) mass is 1090 g/mol. The number of esters is 2. The van der Waals surface area contributed by atoms with Gasteiger partial charge in [-0.25, -0.2) is 24.5 Å². The highest BCUT2D eigenvalue weighted by Gasteiger charge is 2.42. The zero-order chi connectivity index (χ0) is 58.0. The molecule has 2 aliphatic rings. The van der Waals surface area contributed by atoms with Crippen LogP contribution >= 0.6 is 0 Å². The lowest BCUT2D eigenvalue weighted by molar-refractivity contribution is -0.161. The Hall–Kier alpha value is -8.64. The second-order valence-corrected chi connectivity index (χ2v) is 19.9. The summed E-state index contributed by atoms with van der Waals surface area (Å²) in [5.74, 6) is -10.4. The first-order valence-corrected chi connectivity index (χ1v) is 26.0. The number of nitrogens with two attached hydrogens (primary N) is 1. The number of carbonyl (C=O) groups excluding carboxylic acids is 10. The molecule has 0 radical (unpaired) electrons. The summed E-state index contributed by atoms with van der Waals surface area (Å²) in [5.41, 5.74) is 7.19. The fourth-order valence-corrected chi connectivity index (χ4v) is 9.28. The number of aromatic nitrogens is 4. The van der Waals surface area contributed by atoms with Gasteiger partial charge in [0, 0.05) is 28.2 Å². The Bertz CT molecular complexity index is 3030. The smallest absolute Gasteiger partial charge is 0.329 e.